The minimum absolute atomic E-state index is 0.253. The monoisotopic (exact) mass is 268 g/mol. The first kappa shape index (κ1) is 12.4. The molecule has 1 aromatic heterocycles. The van der Waals surface area contributed by atoms with Crippen LogP contribution >= 0.6 is 0 Å². The summed E-state index contributed by atoms with van der Waals surface area (Å²) in [6, 6.07) is 14.0. The third kappa shape index (κ3) is 2.16. The molecule has 0 unspecified atom stereocenters. The maximum absolute atomic E-state index is 13.1. The topological polar surface area (TPSA) is 27.1 Å². The molecule has 3 rings (SSSR count). The molecule has 0 saturated carbocycles. The fourth-order valence-corrected chi connectivity index (χ4v) is 2.19. The standard InChI is InChI=1S/C16H13FN2O/c1-20-15-5-2-4-14(12-6-8-13(17)9-7-12)16(15)19-11-3-10-18-19/h2-11H,1H3. The Labute approximate surface area is 116 Å². The van der Waals surface area contributed by atoms with Gasteiger partial charge in [-0.05, 0) is 29.8 Å². The van der Waals surface area contributed by atoms with E-state index in [9.17, 15) is 4.39 Å². The zero-order valence-corrected chi connectivity index (χ0v) is 11.0. The van der Waals surface area contributed by atoms with Gasteiger partial charge in [0.1, 0.15) is 17.3 Å². The van der Waals surface area contributed by atoms with E-state index in [2.05, 4.69) is 5.10 Å². The molecule has 3 aromatic rings. The first-order chi connectivity index (χ1) is 9.79. The van der Waals surface area contributed by atoms with Crippen LogP contribution in [0.3, 0.4) is 0 Å². The molecule has 0 aliphatic carbocycles. The van der Waals surface area contributed by atoms with E-state index in [1.54, 1.807) is 30.1 Å². The molecule has 0 spiro atoms. The van der Waals surface area contributed by atoms with E-state index in [0.717, 1.165) is 22.6 Å². The van der Waals surface area contributed by atoms with Gasteiger partial charge in [-0.15, -0.1) is 0 Å². The van der Waals surface area contributed by atoms with Gasteiger partial charge >= 0.3 is 0 Å². The summed E-state index contributed by atoms with van der Waals surface area (Å²) in [6.45, 7) is 0. The second kappa shape index (κ2) is 5.17. The third-order valence-electron chi connectivity index (χ3n) is 3.11. The number of halogens is 1. The summed E-state index contributed by atoms with van der Waals surface area (Å²) in [5.74, 6) is 0.466. The third-order valence-corrected chi connectivity index (χ3v) is 3.11. The fraction of sp³-hybridized carbons (Fsp3) is 0.0625. The van der Waals surface area contributed by atoms with Crippen molar-refractivity contribution in [2.24, 2.45) is 0 Å². The molecule has 0 aliphatic heterocycles. The molecule has 20 heavy (non-hydrogen) atoms. The highest BCUT2D eigenvalue weighted by Gasteiger charge is 2.13. The quantitative estimate of drug-likeness (QED) is 0.724. The molecule has 3 nitrogen and oxygen atoms in total. The van der Waals surface area contributed by atoms with Crippen LogP contribution in [0.2, 0.25) is 0 Å². The van der Waals surface area contributed by atoms with Crippen LogP contribution in [0.4, 0.5) is 4.39 Å². The Morgan fingerprint density at radius 1 is 1.05 bits per heavy atom. The lowest BCUT2D eigenvalue weighted by atomic mass is 10.0. The predicted molar refractivity (Wildman–Crippen MR) is 75.5 cm³/mol. The molecule has 4 heteroatoms. The molecule has 0 aliphatic rings. The van der Waals surface area contributed by atoms with Crippen molar-refractivity contribution in [3.8, 4) is 22.6 Å². The smallest absolute Gasteiger partial charge is 0.145 e. The molecule has 0 bridgehead atoms. The van der Waals surface area contributed by atoms with Crippen molar-refractivity contribution < 1.29 is 9.13 Å². The van der Waals surface area contributed by atoms with E-state index in [1.807, 2.05) is 30.5 Å². The molecule has 0 N–H and O–H groups in total. The van der Waals surface area contributed by atoms with E-state index in [0.29, 0.717) is 0 Å². The summed E-state index contributed by atoms with van der Waals surface area (Å²) < 4.78 is 20.2. The maximum Gasteiger partial charge on any atom is 0.145 e. The summed E-state index contributed by atoms with van der Waals surface area (Å²) in [4.78, 5) is 0. The van der Waals surface area contributed by atoms with E-state index in [1.165, 1.54) is 12.1 Å². The van der Waals surface area contributed by atoms with Gasteiger partial charge < -0.3 is 4.74 Å². The Bertz CT molecular complexity index is 706. The molecule has 100 valence electrons. The summed E-state index contributed by atoms with van der Waals surface area (Å²) >= 11 is 0. The largest absolute Gasteiger partial charge is 0.494 e. The predicted octanol–water partition coefficient (Wildman–Crippen LogP) is 3.69. The number of nitrogens with zero attached hydrogens (tertiary/aromatic N) is 2. The van der Waals surface area contributed by atoms with Crippen molar-refractivity contribution in [3.63, 3.8) is 0 Å². The Morgan fingerprint density at radius 3 is 2.50 bits per heavy atom. The van der Waals surface area contributed by atoms with Crippen molar-refractivity contribution in [2.75, 3.05) is 7.11 Å². The first-order valence-electron chi connectivity index (χ1n) is 6.22. The first-order valence-corrected chi connectivity index (χ1v) is 6.22. The molecule has 1 heterocycles. The van der Waals surface area contributed by atoms with E-state index < -0.39 is 0 Å². The van der Waals surface area contributed by atoms with E-state index in [4.69, 9.17) is 4.74 Å². The van der Waals surface area contributed by atoms with Crippen LogP contribution < -0.4 is 4.74 Å². The van der Waals surface area contributed by atoms with Crippen LogP contribution in [0.5, 0.6) is 5.75 Å². The van der Waals surface area contributed by atoms with Gasteiger partial charge in [0.15, 0.2) is 0 Å². The molecule has 0 saturated heterocycles. The van der Waals surface area contributed by atoms with E-state index in [-0.39, 0.29) is 5.82 Å². The van der Waals surface area contributed by atoms with E-state index >= 15 is 0 Å². The van der Waals surface area contributed by atoms with Crippen molar-refractivity contribution >= 4 is 0 Å². The zero-order valence-electron chi connectivity index (χ0n) is 11.0. The zero-order chi connectivity index (χ0) is 13.9. The lowest BCUT2D eigenvalue weighted by Gasteiger charge is -2.14. The molecule has 0 radical (unpaired) electrons. The number of benzene rings is 2. The number of rotatable bonds is 3. The number of hydrogen-bond donors (Lipinski definition) is 0. The molecule has 0 amide bonds. The number of hydrogen-bond acceptors (Lipinski definition) is 2. The van der Waals surface area contributed by atoms with Crippen LogP contribution in [0, 0.1) is 5.82 Å². The highest BCUT2D eigenvalue weighted by atomic mass is 19.1. The summed E-state index contributed by atoms with van der Waals surface area (Å²) in [7, 11) is 1.62. The van der Waals surface area contributed by atoms with Crippen molar-refractivity contribution in [2.45, 2.75) is 0 Å². The van der Waals surface area contributed by atoms with Gasteiger partial charge in [0.05, 0.1) is 7.11 Å². The molecule has 0 atom stereocenters. The fourth-order valence-electron chi connectivity index (χ4n) is 2.19. The normalized spacial score (nSPS) is 10.5. The van der Waals surface area contributed by atoms with Crippen molar-refractivity contribution in [1.82, 2.24) is 9.78 Å². The van der Waals surface area contributed by atoms with Crippen LogP contribution in [0.15, 0.2) is 60.9 Å². The maximum atomic E-state index is 13.1. The van der Waals surface area contributed by atoms with Gasteiger partial charge in [-0.3, -0.25) is 0 Å². The summed E-state index contributed by atoms with van der Waals surface area (Å²) in [5.41, 5.74) is 2.69. The van der Waals surface area contributed by atoms with Crippen molar-refractivity contribution in [3.05, 3.63) is 66.7 Å². The van der Waals surface area contributed by atoms with Crippen LogP contribution in [-0.2, 0) is 0 Å². The van der Waals surface area contributed by atoms with Crippen molar-refractivity contribution in [1.29, 1.82) is 0 Å². The van der Waals surface area contributed by atoms with Gasteiger partial charge in [0, 0.05) is 18.0 Å². The Balaban J connectivity index is 2.23. The highest BCUT2D eigenvalue weighted by molar-refractivity contribution is 5.76. The number of methoxy groups -OCH3 is 1. The lowest BCUT2D eigenvalue weighted by molar-refractivity contribution is 0.412. The lowest BCUT2D eigenvalue weighted by Crippen LogP contribution is -2.01. The van der Waals surface area contributed by atoms with Gasteiger partial charge in [0.2, 0.25) is 0 Å². The Kier molecular flexibility index (Phi) is 3.21. The minimum atomic E-state index is -0.253. The van der Waals surface area contributed by atoms with Crippen LogP contribution in [-0.4, -0.2) is 16.9 Å². The second-order valence-electron chi connectivity index (χ2n) is 4.31. The van der Waals surface area contributed by atoms with Crippen LogP contribution in [0.1, 0.15) is 0 Å². The Morgan fingerprint density at radius 2 is 1.85 bits per heavy atom. The highest BCUT2D eigenvalue weighted by Crippen LogP contribution is 2.33. The van der Waals surface area contributed by atoms with Gasteiger partial charge in [0.25, 0.3) is 0 Å². The minimum Gasteiger partial charge on any atom is -0.494 e. The number of ether oxygens (including phenoxy) is 1. The summed E-state index contributed by atoms with van der Waals surface area (Å²) in [5, 5.41) is 4.26. The molecule has 2 aromatic carbocycles. The average molecular weight is 268 g/mol. The Hall–Kier alpha value is -2.62. The van der Waals surface area contributed by atoms with Gasteiger partial charge in [-0.2, -0.15) is 5.10 Å². The molecule has 0 fully saturated rings. The average Bonchev–Trinajstić information content (AvgIpc) is 3.01. The molecular weight excluding hydrogens is 255 g/mol. The second-order valence-corrected chi connectivity index (χ2v) is 4.31. The number of aromatic nitrogens is 2. The number of para-hydroxylation sites is 1. The SMILES string of the molecule is COc1cccc(-c2ccc(F)cc2)c1-n1cccn1. The van der Waals surface area contributed by atoms with Gasteiger partial charge in [-0.25, -0.2) is 9.07 Å². The summed E-state index contributed by atoms with van der Waals surface area (Å²) in [6.07, 6.45) is 3.56. The molecular formula is C16H13FN2O. The van der Waals surface area contributed by atoms with Gasteiger partial charge in [-0.1, -0.05) is 24.3 Å². The van der Waals surface area contributed by atoms with Crippen LogP contribution in [0.25, 0.3) is 16.8 Å².